The Morgan fingerprint density at radius 1 is 1.39 bits per heavy atom. The SMILES string of the molecule is COC(=O)c1ccc(C(O)C(O)CCSC(C)=O)c([N+](=O)[O-])c1. The van der Waals surface area contributed by atoms with E-state index in [0.29, 0.717) is 0 Å². The minimum Gasteiger partial charge on any atom is -0.465 e. The van der Waals surface area contributed by atoms with Crippen molar-refractivity contribution in [2.24, 2.45) is 0 Å². The van der Waals surface area contributed by atoms with Gasteiger partial charge in [-0.2, -0.15) is 0 Å². The average Bonchev–Trinajstić information content (AvgIpc) is 2.52. The van der Waals surface area contributed by atoms with Crippen LogP contribution in [0.1, 0.15) is 35.4 Å². The van der Waals surface area contributed by atoms with Crippen LogP contribution in [0, 0.1) is 10.1 Å². The standard InChI is InChI=1S/C14H17NO7S/c1-8(16)23-6-5-12(17)13(18)10-4-3-9(14(19)22-2)7-11(10)15(20)21/h3-4,7,12-13,17-18H,5-6H2,1-2H3. The first-order valence-electron chi connectivity index (χ1n) is 6.64. The molecule has 0 radical (unpaired) electrons. The van der Waals surface area contributed by atoms with E-state index in [1.165, 1.54) is 19.1 Å². The van der Waals surface area contributed by atoms with Crippen LogP contribution < -0.4 is 0 Å². The minimum atomic E-state index is -1.50. The van der Waals surface area contributed by atoms with Gasteiger partial charge in [0.05, 0.1) is 29.3 Å². The first kappa shape index (κ1) is 19.1. The lowest BCUT2D eigenvalue weighted by atomic mass is 9.99. The Morgan fingerprint density at radius 2 is 2.04 bits per heavy atom. The van der Waals surface area contributed by atoms with Crippen molar-refractivity contribution in [3.8, 4) is 0 Å². The zero-order valence-electron chi connectivity index (χ0n) is 12.6. The van der Waals surface area contributed by atoms with Crippen LogP contribution in [0.5, 0.6) is 0 Å². The monoisotopic (exact) mass is 343 g/mol. The minimum absolute atomic E-state index is 0.0308. The molecular formula is C14H17NO7S. The molecule has 1 rings (SSSR count). The summed E-state index contributed by atoms with van der Waals surface area (Å²) in [6.07, 6.45) is -2.69. The Hall–Kier alpha value is -1.97. The predicted molar refractivity (Wildman–Crippen MR) is 83.2 cm³/mol. The topological polar surface area (TPSA) is 127 Å². The van der Waals surface area contributed by atoms with E-state index in [1.807, 2.05) is 0 Å². The Bertz CT molecular complexity index is 605. The summed E-state index contributed by atoms with van der Waals surface area (Å²) in [7, 11) is 1.15. The number of nitro benzene ring substituents is 1. The molecule has 0 saturated carbocycles. The highest BCUT2D eigenvalue weighted by Gasteiger charge is 2.27. The van der Waals surface area contributed by atoms with Crippen molar-refractivity contribution in [3.05, 3.63) is 39.4 Å². The number of hydrogen-bond donors (Lipinski definition) is 2. The lowest BCUT2D eigenvalue weighted by molar-refractivity contribution is -0.386. The van der Waals surface area contributed by atoms with Gasteiger partial charge in [0, 0.05) is 18.7 Å². The second-order valence-corrected chi connectivity index (χ2v) is 5.94. The maximum absolute atomic E-state index is 11.4. The summed E-state index contributed by atoms with van der Waals surface area (Å²) in [5, 5.41) is 31.0. The Kier molecular flexibility index (Phi) is 7.14. The molecule has 0 amide bonds. The van der Waals surface area contributed by atoms with E-state index in [4.69, 9.17) is 0 Å². The molecule has 0 aliphatic rings. The molecule has 0 aliphatic heterocycles. The number of carbonyl (C=O) groups excluding carboxylic acids is 2. The lowest BCUT2D eigenvalue weighted by Crippen LogP contribution is -2.20. The zero-order chi connectivity index (χ0) is 17.6. The molecule has 2 N–H and O–H groups in total. The van der Waals surface area contributed by atoms with Crippen LogP contribution in [-0.4, -0.2) is 45.2 Å². The van der Waals surface area contributed by atoms with Crippen LogP contribution in [0.15, 0.2) is 18.2 Å². The van der Waals surface area contributed by atoms with Crippen molar-refractivity contribution in [1.82, 2.24) is 0 Å². The average molecular weight is 343 g/mol. The van der Waals surface area contributed by atoms with Gasteiger partial charge in [-0.1, -0.05) is 11.8 Å². The molecule has 1 aromatic rings. The molecule has 0 aromatic heterocycles. The number of rotatable bonds is 7. The summed E-state index contributed by atoms with van der Waals surface area (Å²) in [6, 6.07) is 3.46. The first-order chi connectivity index (χ1) is 10.8. The van der Waals surface area contributed by atoms with Gasteiger partial charge in [0.25, 0.3) is 5.69 Å². The molecule has 2 unspecified atom stereocenters. The highest BCUT2D eigenvalue weighted by Crippen LogP contribution is 2.30. The normalized spacial score (nSPS) is 13.2. The van der Waals surface area contributed by atoms with E-state index in [-0.39, 0.29) is 28.4 Å². The van der Waals surface area contributed by atoms with E-state index in [1.54, 1.807) is 0 Å². The molecular weight excluding hydrogens is 326 g/mol. The Morgan fingerprint density at radius 3 is 2.57 bits per heavy atom. The van der Waals surface area contributed by atoms with Gasteiger partial charge in [0.15, 0.2) is 5.12 Å². The van der Waals surface area contributed by atoms with Crippen LogP contribution in [0.3, 0.4) is 0 Å². The van der Waals surface area contributed by atoms with Crippen LogP contribution in [0.4, 0.5) is 5.69 Å². The van der Waals surface area contributed by atoms with Gasteiger partial charge in [-0.25, -0.2) is 4.79 Å². The maximum Gasteiger partial charge on any atom is 0.338 e. The van der Waals surface area contributed by atoms with Gasteiger partial charge in [0.2, 0.25) is 0 Å². The summed E-state index contributed by atoms with van der Waals surface area (Å²) in [5.41, 5.74) is -0.626. The van der Waals surface area contributed by atoms with E-state index < -0.39 is 28.8 Å². The third-order valence-electron chi connectivity index (χ3n) is 3.05. The second kappa shape index (κ2) is 8.61. The Labute approximate surface area is 136 Å². The first-order valence-corrected chi connectivity index (χ1v) is 7.62. The largest absolute Gasteiger partial charge is 0.465 e. The highest BCUT2D eigenvalue weighted by atomic mass is 32.2. The third-order valence-corrected chi connectivity index (χ3v) is 3.90. The number of esters is 1. The van der Waals surface area contributed by atoms with Crippen molar-refractivity contribution in [1.29, 1.82) is 0 Å². The van der Waals surface area contributed by atoms with Gasteiger partial charge in [-0.05, 0) is 18.6 Å². The summed E-state index contributed by atoms with van der Waals surface area (Å²) in [6.45, 7) is 1.38. The number of methoxy groups -OCH3 is 1. The number of aliphatic hydroxyl groups is 2. The van der Waals surface area contributed by atoms with Crippen molar-refractivity contribution in [2.75, 3.05) is 12.9 Å². The number of benzene rings is 1. The van der Waals surface area contributed by atoms with E-state index >= 15 is 0 Å². The van der Waals surface area contributed by atoms with Crippen LogP contribution in [0.25, 0.3) is 0 Å². The number of aliphatic hydroxyl groups excluding tert-OH is 2. The molecule has 1 aromatic carbocycles. The second-order valence-electron chi connectivity index (χ2n) is 4.66. The van der Waals surface area contributed by atoms with Crippen molar-refractivity contribution < 1.29 is 29.5 Å². The molecule has 0 fully saturated rings. The number of thioether (sulfide) groups is 1. The highest BCUT2D eigenvalue weighted by molar-refractivity contribution is 8.13. The molecule has 0 heterocycles. The number of ether oxygens (including phenoxy) is 1. The molecule has 23 heavy (non-hydrogen) atoms. The molecule has 9 heteroatoms. The maximum atomic E-state index is 11.4. The van der Waals surface area contributed by atoms with Crippen molar-refractivity contribution >= 4 is 28.5 Å². The molecule has 8 nitrogen and oxygen atoms in total. The van der Waals surface area contributed by atoms with Gasteiger partial charge in [-0.15, -0.1) is 0 Å². The predicted octanol–water partition coefficient (Wildman–Crippen LogP) is 1.45. The van der Waals surface area contributed by atoms with Gasteiger partial charge in [0.1, 0.15) is 6.10 Å². The molecule has 0 bridgehead atoms. The lowest BCUT2D eigenvalue weighted by Gasteiger charge is -2.18. The Balaban J connectivity index is 2.98. The fourth-order valence-electron chi connectivity index (χ4n) is 1.89. The fraction of sp³-hybridized carbons (Fsp3) is 0.429. The summed E-state index contributed by atoms with van der Waals surface area (Å²) < 4.78 is 4.49. The molecule has 0 aliphatic carbocycles. The third kappa shape index (κ3) is 5.31. The van der Waals surface area contributed by atoms with Crippen LogP contribution >= 0.6 is 11.8 Å². The summed E-state index contributed by atoms with van der Waals surface area (Å²) in [4.78, 5) is 32.6. The van der Waals surface area contributed by atoms with Crippen molar-refractivity contribution in [2.45, 2.75) is 25.6 Å². The molecule has 2 atom stereocenters. The zero-order valence-corrected chi connectivity index (χ0v) is 13.4. The van der Waals surface area contributed by atoms with Gasteiger partial charge < -0.3 is 14.9 Å². The number of hydrogen-bond acceptors (Lipinski definition) is 8. The molecule has 0 saturated heterocycles. The summed E-state index contributed by atoms with van der Waals surface area (Å²) >= 11 is 0.987. The van der Waals surface area contributed by atoms with Gasteiger partial charge in [-0.3, -0.25) is 14.9 Å². The number of nitrogens with zero attached hydrogens (tertiary/aromatic N) is 1. The summed E-state index contributed by atoms with van der Waals surface area (Å²) in [5.74, 6) is -0.464. The molecule has 126 valence electrons. The van der Waals surface area contributed by atoms with Crippen LogP contribution in [0.2, 0.25) is 0 Å². The smallest absolute Gasteiger partial charge is 0.338 e. The van der Waals surface area contributed by atoms with Gasteiger partial charge >= 0.3 is 5.97 Å². The van der Waals surface area contributed by atoms with Crippen LogP contribution in [-0.2, 0) is 9.53 Å². The fourth-order valence-corrected chi connectivity index (χ4v) is 2.53. The number of nitro groups is 1. The van der Waals surface area contributed by atoms with E-state index in [0.717, 1.165) is 24.9 Å². The quantitative estimate of drug-likeness (QED) is 0.432. The van der Waals surface area contributed by atoms with E-state index in [9.17, 15) is 29.9 Å². The number of carbonyl (C=O) groups is 2. The van der Waals surface area contributed by atoms with E-state index in [2.05, 4.69) is 4.74 Å². The van der Waals surface area contributed by atoms with Crippen molar-refractivity contribution in [3.63, 3.8) is 0 Å². The molecule has 0 spiro atoms.